The molecule has 4 nitrogen and oxygen atoms in total. The Hall–Kier alpha value is -1.56. The zero-order valence-electron chi connectivity index (χ0n) is 7.38. The first-order valence-electron chi connectivity index (χ1n) is 3.97. The fraction of sp³-hybridized carbons (Fsp3) is 0. The highest BCUT2D eigenvalue weighted by Crippen LogP contribution is 2.33. The second kappa shape index (κ2) is 3.23. The fourth-order valence-electron chi connectivity index (χ4n) is 1.33. The van der Waals surface area contributed by atoms with Crippen molar-refractivity contribution in [3.05, 3.63) is 28.2 Å². The lowest BCUT2D eigenvalue weighted by molar-refractivity contribution is 0.0977. The van der Waals surface area contributed by atoms with Crippen molar-refractivity contribution in [2.45, 2.75) is 0 Å². The second-order valence-electron chi connectivity index (χ2n) is 2.97. The maximum atomic E-state index is 13.0. The smallest absolute Gasteiger partial charge is 0.286 e. The topological polar surface area (TPSA) is 82.2 Å². The summed E-state index contributed by atoms with van der Waals surface area (Å²) in [7, 11) is 0. The van der Waals surface area contributed by atoms with Crippen molar-refractivity contribution < 1.29 is 13.6 Å². The Balaban J connectivity index is 2.88. The number of fused-ring (bicyclic) bond motifs is 1. The zero-order chi connectivity index (χ0) is 11.2. The fourth-order valence-corrected chi connectivity index (χ4v) is 1.84. The van der Waals surface area contributed by atoms with E-state index in [2.05, 4.69) is 15.9 Å². The van der Waals surface area contributed by atoms with E-state index in [0.717, 1.165) is 0 Å². The molecule has 1 aromatic heterocycles. The van der Waals surface area contributed by atoms with Crippen LogP contribution in [0.5, 0.6) is 0 Å². The molecule has 1 aromatic carbocycles. The normalized spacial score (nSPS) is 10.8. The van der Waals surface area contributed by atoms with Gasteiger partial charge in [0.2, 0.25) is 5.76 Å². The van der Waals surface area contributed by atoms with Gasteiger partial charge >= 0.3 is 0 Å². The number of primary amides is 1. The number of nitrogen functional groups attached to an aromatic ring is 1. The number of nitrogens with two attached hydrogens (primary N) is 2. The van der Waals surface area contributed by atoms with Crippen molar-refractivity contribution >= 4 is 38.5 Å². The zero-order valence-corrected chi connectivity index (χ0v) is 8.97. The summed E-state index contributed by atoms with van der Waals surface area (Å²) in [6.45, 7) is 0. The van der Waals surface area contributed by atoms with Gasteiger partial charge in [0, 0.05) is 5.39 Å². The van der Waals surface area contributed by atoms with E-state index in [9.17, 15) is 9.18 Å². The van der Waals surface area contributed by atoms with Crippen LogP contribution in [0.25, 0.3) is 11.0 Å². The predicted molar refractivity (Wildman–Crippen MR) is 56.8 cm³/mol. The SMILES string of the molecule is NC(=O)c1oc2c(Br)cc(F)cc2c1N. The van der Waals surface area contributed by atoms with Crippen LogP contribution in [0.4, 0.5) is 10.1 Å². The highest BCUT2D eigenvalue weighted by Gasteiger charge is 2.18. The molecule has 0 atom stereocenters. The Morgan fingerprint density at radius 3 is 2.73 bits per heavy atom. The van der Waals surface area contributed by atoms with Gasteiger partial charge in [-0.3, -0.25) is 4.79 Å². The number of carbonyl (C=O) groups is 1. The van der Waals surface area contributed by atoms with Crippen LogP contribution in [0.15, 0.2) is 21.0 Å². The van der Waals surface area contributed by atoms with Crippen LogP contribution in [0.2, 0.25) is 0 Å². The van der Waals surface area contributed by atoms with Crippen molar-refractivity contribution in [1.82, 2.24) is 0 Å². The van der Waals surface area contributed by atoms with Crippen LogP contribution in [-0.4, -0.2) is 5.91 Å². The van der Waals surface area contributed by atoms with Gasteiger partial charge < -0.3 is 15.9 Å². The van der Waals surface area contributed by atoms with Crippen molar-refractivity contribution in [1.29, 1.82) is 0 Å². The van der Waals surface area contributed by atoms with E-state index in [-0.39, 0.29) is 11.4 Å². The lowest BCUT2D eigenvalue weighted by atomic mass is 10.2. The van der Waals surface area contributed by atoms with Gasteiger partial charge in [0.25, 0.3) is 5.91 Å². The number of benzene rings is 1. The van der Waals surface area contributed by atoms with E-state index >= 15 is 0 Å². The lowest BCUT2D eigenvalue weighted by Crippen LogP contribution is -2.11. The molecule has 4 N–H and O–H groups in total. The monoisotopic (exact) mass is 272 g/mol. The molecule has 2 aromatic rings. The summed E-state index contributed by atoms with van der Waals surface area (Å²) in [4.78, 5) is 10.9. The molecule has 0 radical (unpaired) electrons. The van der Waals surface area contributed by atoms with Gasteiger partial charge in [-0.1, -0.05) is 0 Å². The van der Waals surface area contributed by atoms with E-state index in [4.69, 9.17) is 15.9 Å². The molecule has 0 unspecified atom stereocenters. The average molecular weight is 273 g/mol. The Kier molecular flexibility index (Phi) is 2.15. The molecule has 0 spiro atoms. The van der Waals surface area contributed by atoms with Gasteiger partial charge in [-0.15, -0.1) is 0 Å². The predicted octanol–water partition coefficient (Wildman–Crippen LogP) is 2.02. The van der Waals surface area contributed by atoms with Crippen LogP contribution in [0.1, 0.15) is 10.6 Å². The molecule has 1 heterocycles. The first kappa shape index (κ1) is 9.97. The standard InChI is InChI=1S/C9H6BrFN2O2/c10-5-2-3(11)1-4-6(12)8(9(13)14)15-7(4)5/h1-2H,12H2,(H2,13,14). The molecule has 0 saturated carbocycles. The molecular weight excluding hydrogens is 267 g/mol. The molecule has 78 valence electrons. The number of anilines is 1. The highest BCUT2D eigenvalue weighted by molar-refractivity contribution is 9.10. The van der Waals surface area contributed by atoms with Gasteiger partial charge in [0.1, 0.15) is 5.82 Å². The van der Waals surface area contributed by atoms with E-state index in [1.54, 1.807) is 0 Å². The minimum absolute atomic E-state index is 0.0534. The maximum Gasteiger partial charge on any atom is 0.286 e. The van der Waals surface area contributed by atoms with Crippen LogP contribution in [0.3, 0.4) is 0 Å². The van der Waals surface area contributed by atoms with Crippen molar-refractivity contribution in [2.75, 3.05) is 5.73 Å². The Morgan fingerprint density at radius 2 is 2.13 bits per heavy atom. The van der Waals surface area contributed by atoms with Gasteiger partial charge in [0.15, 0.2) is 5.58 Å². The first-order chi connectivity index (χ1) is 7.00. The Labute approximate surface area is 92.1 Å². The van der Waals surface area contributed by atoms with E-state index in [0.29, 0.717) is 15.4 Å². The summed E-state index contributed by atoms with van der Waals surface area (Å²) < 4.78 is 18.6. The number of halogens is 2. The molecular formula is C9H6BrFN2O2. The van der Waals surface area contributed by atoms with Crippen LogP contribution in [0, 0.1) is 5.82 Å². The first-order valence-corrected chi connectivity index (χ1v) is 4.77. The molecule has 15 heavy (non-hydrogen) atoms. The van der Waals surface area contributed by atoms with Crippen LogP contribution >= 0.6 is 15.9 Å². The summed E-state index contributed by atoms with van der Waals surface area (Å²) in [6.07, 6.45) is 0. The number of furan rings is 1. The summed E-state index contributed by atoms with van der Waals surface area (Å²) in [5.74, 6) is -1.41. The van der Waals surface area contributed by atoms with E-state index < -0.39 is 11.7 Å². The van der Waals surface area contributed by atoms with Crippen molar-refractivity contribution in [3.63, 3.8) is 0 Å². The number of carbonyl (C=O) groups excluding carboxylic acids is 1. The maximum absolute atomic E-state index is 13.0. The summed E-state index contributed by atoms with van der Waals surface area (Å²) in [5, 5.41) is 0.329. The molecule has 0 aliphatic heterocycles. The van der Waals surface area contributed by atoms with Crippen molar-refractivity contribution in [3.8, 4) is 0 Å². The molecule has 0 aliphatic rings. The quantitative estimate of drug-likeness (QED) is 0.833. The largest absolute Gasteiger partial charge is 0.447 e. The lowest BCUT2D eigenvalue weighted by Gasteiger charge is -1.93. The Morgan fingerprint density at radius 1 is 1.47 bits per heavy atom. The second-order valence-corrected chi connectivity index (χ2v) is 3.83. The molecule has 6 heteroatoms. The number of hydrogen-bond donors (Lipinski definition) is 2. The van der Waals surface area contributed by atoms with Crippen LogP contribution in [-0.2, 0) is 0 Å². The van der Waals surface area contributed by atoms with Gasteiger partial charge in [-0.25, -0.2) is 4.39 Å². The third-order valence-electron chi connectivity index (χ3n) is 1.97. The molecule has 1 amide bonds. The van der Waals surface area contributed by atoms with E-state index in [1.807, 2.05) is 0 Å². The minimum atomic E-state index is -0.781. The summed E-state index contributed by atoms with van der Waals surface area (Å²) in [5.41, 5.74) is 11.0. The molecule has 0 bridgehead atoms. The van der Waals surface area contributed by atoms with Gasteiger partial charge in [0.05, 0.1) is 10.2 Å². The third kappa shape index (κ3) is 1.46. The summed E-state index contributed by atoms with van der Waals surface area (Å²) in [6, 6.07) is 2.40. The Bertz CT molecular complexity index is 565. The van der Waals surface area contributed by atoms with Gasteiger partial charge in [-0.05, 0) is 28.1 Å². The van der Waals surface area contributed by atoms with Crippen LogP contribution < -0.4 is 11.5 Å². The molecule has 2 rings (SSSR count). The number of rotatable bonds is 1. The number of hydrogen-bond acceptors (Lipinski definition) is 3. The van der Waals surface area contributed by atoms with E-state index in [1.165, 1.54) is 12.1 Å². The summed E-state index contributed by atoms with van der Waals surface area (Å²) >= 11 is 3.10. The molecule has 0 aliphatic carbocycles. The average Bonchev–Trinajstić information content (AvgIpc) is 2.44. The molecule has 0 fully saturated rings. The minimum Gasteiger partial charge on any atom is -0.447 e. The van der Waals surface area contributed by atoms with Gasteiger partial charge in [-0.2, -0.15) is 0 Å². The molecule has 0 saturated heterocycles. The highest BCUT2D eigenvalue weighted by atomic mass is 79.9. The van der Waals surface area contributed by atoms with Crippen molar-refractivity contribution in [2.24, 2.45) is 5.73 Å². The number of amides is 1. The third-order valence-corrected chi connectivity index (χ3v) is 2.56.